The summed E-state index contributed by atoms with van der Waals surface area (Å²) in [6.07, 6.45) is 0. The summed E-state index contributed by atoms with van der Waals surface area (Å²) in [6, 6.07) is 14.3. The first-order valence-electron chi connectivity index (χ1n) is 7.18. The van der Waals surface area contributed by atoms with E-state index in [2.05, 4.69) is 36.9 Å². The molecule has 0 bridgehead atoms. The van der Waals surface area contributed by atoms with Crippen molar-refractivity contribution in [2.24, 2.45) is 0 Å². The van der Waals surface area contributed by atoms with Gasteiger partial charge in [0.15, 0.2) is 0 Å². The molecule has 108 valence electrons. The predicted molar refractivity (Wildman–Crippen MR) is 83.8 cm³/mol. The molecule has 1 atom stereocenters. The van der Waals surface area contributed by atoms with Crippen LogP contribution in [0.1, 0.15) is 28.2 Å². The molecule has 2 aromatic rings. The molecule has 2 aromatic carbocycles. The molecule has 0 spiro atoms. The molecule has 3 heteroatoms. The normalized spacial score (nSPS) is 16.9. The lowest BCUT2D eigenvalue weighted by Crippen LogP contribution is -2.24. The molecule has 0 saturated carbocycles. The zero-order valence-electron chi connectivity index (χ0n) is 12.3. The van der Waals surface area contributed by atoms with Crippen LogP contribution in [0.3, 0.4) is 0 Å². The van der Waals surface area contributed by atoms with E-state index >= 15 is 0 Å². The number of nitrogens with zero attached hydrogens (tertiary/aromatic N) is 1. The molecule has 0 fully saturated rings. The van der Waals surface area contributed by atoms with Gasteiger partial charge in [-0.2, -0.15) is 0 Å². The molecule has 1 unspecified atom stereocenters. The second-order valence-electron chi connectivity index (χ2n) is 5.83. The summed E-state index contributed by atoms with van der Waals surface area (Å²) >= 11 is 0. The van der Waals surface area contributed by atoms with Gasteiger partial charge in [0, 0.05) is 18.8 Å². The molecule has 1 aliphatic heterocycles. The Hall–Kier alpha value is -2.29. The number of benzene rings is 2. The molecule has 1 heterocycles. The van der Waals surface area contributed by atoms with Gasteiger partial charge in [-0.15, -0.1) is 0 Å². The first kappa shape index (κ1) is 13.7. The lowest BCUT2D eigenvalue weighted by Gasteiger charge is -2.20. The van der Waals surface area contributed by atoms with Crippen LogP contribution in [0.5, 0.6) is 0 Å². The highest BCUT2D eigenvalue weighted by molar-refractivity contribution is 5.82. The van der Waals surface area contributed by atoms with Crippen LogP contribution in [0.15, 0.2) is 42.5 Å². The van der Waals surface area contributed by atoms with E-state index in [9.17, 15) is 9.90 Å². The van der Waals surface area contributed by atoms with Crippen molar-refractivity contribution < 1.29 is 9.90 Å². The fourth-order valence-corrected chi connectivity index (χ4v) is 3.23. The molecule has 1 N–H and O–H groups in total. The van der Waals surface area contributed by atoms with E-state index in [-0.39, 0.29) is 0 Å². The van der Waals surface area contributed by atoms with Gasteiger partial charge in [0.2, 0.25) is 0 Å². The summed E-state index contributed by atoms with van der Waals surface area (Å²) in [6.45, 7) is 5.48. The average molecular weight is 281 g/mol. The van der Waals surface area contributed by atoms with Gasteiger partial charge in [0.1, 0.15) is 5.92 Å². The van der Waals surface area contributed by atoms with Crippen LogP contribution in [0.25, 0.3) is 0 Å². The Balaban J connectivity index is 1.92. The molecule has 0 aromatic heterocycles. The molecule has 3 rings (SSSR count). The Labute approximate surface area is 124 Å². The minimum atomic E-state index is -0.745. The summed E-state index contributed by atoms with van der Waals surface area (Å²) in [7, 11) is 0. The zero-order valence-corrected chi connectivity index (χ0v) is 12.3. The lowest BCUT2D eigenvalue weighted by atomic mass is 10.0. The topological polar surface area (TPSA) is 40.5 Å². The second-order valence-corrected chi connectivity index (χ2v) is 5.83. The smallest absolute Gasteiger partial charge is 0.312 e. The van der Waals surface area contributed by atoms with Crippen molar-refractivity contribution >= 4 is 11.7 Å². The van der Waals surface area contributed by atoms with Crippen molar-refractivity contribution in [3.63, 3.8) is 0 Å². The molecule has 0 radical (unpaired) electrons. The Morgan fingerprint density at radius 3 is 2.52 bits per heavy atom. The van der Waals surface area contributed by atoms with Gasteiger partial charge >= 0.3 is 5.97 Å². The number of rotatable bonds is 3. The number of anilines is 1. The van der Waals surface area contributed by atoms with Crippen LogP contribution in [0, 0.1) is 13.8 Å². The number of carboxylic acid groups (broad SMARTS) is 1. The fraction of sp³-hybridized carbons (Fsp3) is 0.278. The minimum absolute atomic E-state index is 0.424. The van der Waals surface area contributed by atoms with E-state index in [0.717, 1.165) is 17.8 Å². The Bertz CT molecular complexity index is 673. The number of para-hydroxylation sites is 1. The van der Waals surface area contributed by atoms with Gasteiger partial charge in [-0.1, -0.05) is 47.5 Å². The van der Waals surface area contributed by atoms with Gasteiger partial charge in [0.25, 0.3) is 0 Å². The first-order chi connectivity index (χ1) is 10.0. The van der Waals surface area contributed by atoms with Crippen molar-refractivity contribution in [2.75, 3.05) is 11.4 Å². The predicted octanol–water partition coefficient (Wildman–Crippen LogP) is 3.49. The Kier molecular flexibility index (Phi) is 3.42. The average Bonchev–Trinajstić information content (AvgIpc) is 2.77. The number of hydrogen-bond acceptors (Lipinski definition) is 2. The Morgan fingerprint density at radius 2 is 1.86 bits per heavy atom. The van der Waals surface area contributed by atoms with E-state index in [0.29, 0.717) is 6.54 Å². The van der Waals surface area contributed by atoms with Crippen molar-refractivity contribution in [1.82, 2.24) is 0 Å². The van der Waals surface area contributed by atoms with Gasteiger partial charge in [0.05, 0.1) is 0 Å². The largest absolute Gasteiger partial charge is 0.481 e. The summed E-state index contributed by atoms with van der Waals surface area (Å²) in [5.74, 6) is -1.17. The lowest BCUT2D eigenvalue weighted by molar-refractivity contribution is -0.138. The summed E-state index contributed by atoms with van der Waals surface area (Å²) in [5.41, 5.74) is 5.69. The van der Waals surface area contributed by atoms with Crippen LogP contribution < -0.4 is 4.90 Å². The number of hydrogen-bond donors (Lipinski definition) is 1. The Morgan fingerprint density at radius 1 is 1.19 bits per heavy atom. The minimum Gasteiger partial charge on any atom is -0.481 e. The molecule has 0 amide bonds. The number of carbonyl (C=O) groups is 1. The number of aryl methyl sites for hydroxylation is 2. The maximum absolute atomic E-state index is 11.4. The second kappa shape index (κ2) is 5.24. The van der Waals surface area contributed by atoms with Gasteiger partial charge in [-0.05, 0) is 31.0 Å². The van der Waals surface area contributed by atoms with Crippen LogP contribution in [0.4, 0.5) is 5.69 Å². The summed E-state index contributed by atoms with van der Waals surface area (Å²) < 4.78 is 0. The molecule has 1 aliphatic rings. The third-order valence-electron chi connectivity index (χ3n) is 4.01. The van der Waals surface area contributed by atoms with Gasteiger partial charge in [-0.3, -0.25) is 4.79 Å². The van der Waals surface area contributed by atoms with Crippen molar-refractivity contribution in [1.29, 1.82) is 0 Å². The monoisotopic (exact) mass is 281 g/mol. The van der Waals surface area contributed by atoms with Crippen LogP contribution in [-0.2, 0) is 11.3 Å². The fourth-order valence-electron chi connectivity index (χ4n) is 3.23. The maximum atomic E-state index is 11.4. The highest BCUT2D eigenvalue weighted by Gasteiger charge is 2.33. The third-order valence-corrected chi connectivity index (χ3v) is 4.01. The highest BCUT2D eigenvalue weighted by Crippen LogP contribution is 2.37. The molecular formula is C18H19NO2. The van der Waals surface area contributed by atoms with E-state index in [1.165, 1.54) is 16.7 Å². The van der Waals surface area contributed by atoms with Crippen LogP contribution in [-0.4, -0.2) is 17.6 Å². The van der Waals surface area contributed by atoms with E-state index < -0.39 is 11.9 Å². The number of fused-ring (bicyclic) bond motifs is 1. The zero-order chi connectivity index (χ0) is 15.0. The maximum Gasteiger partial charge on any atom is 0.312 e. The molecule has 0 saturated heterocycles. The summed E-state index contributed by atoms with van der Waals surface area (Å²) in [4.78, 5) is 13.6. The standard InChI is InChI=1S/C18H19NO2/c1-12-7-13(2)9-14(8-12)10-19-11-16(18(20)21)15-5-3-4-6-17(15)19/h3-9,16H,10-11H2,1-2H3,(H,20,21). The SMILES string of the molecule is Cc1cc(C)cc(CN2CC(C(=O)O)c3ccccc32)c1. The van der Waals surface area contributed by atoms with E-state index in [1.54, 1.807) is 0 Å². The molecule has 3 nitrogen and oxygen atoms in total. The molecule has 21 heavy (non-hydrogen) atoms. The van der Waals surface area contributed by atoms with Crippen molar-refractivity contribution in [3.05, 3.63) is 64.7 Å². The quantitative estimate of drug-likeness (QED) is 0.936. The van der Waals surface area contributed by atoms with Gasteiger partial charge < -0.3 is 10.0 Å². The van der Waals surface area contributed by atoms with Crippen molar-refractivity contribution in [3.8, 4) is 0 Å². The van der Waals surface area contributed by atoms with E-state index in [4.69, 9.17) is 0 Å². The van der Waals surface area contributed by atoms with Gasteiger partial charge in [-0.25, -0.2) is 0 Å². The highest BCUT2D eigenvalue weighted by atomic mass is 16.4. The first-order valence-corrected chi connectivity index (χ1v) is 7.18. The van der Waals surface area contributed by atoms with Crippen LogP contribution >= 0.6 is 0 Å². The van der Waals surface area contributed by atoms with Crippen molar-refractivity contribution in [2.45, 2.75) is 26.3 Å². The molecular weight excluding hydrogens is 262 g/mol. The number of carboxylic acids is 1. The summed E-state index contributed by atoms with van der Waals surface area (Å²) in [5, 5.41) is 9.41. The third kappa shape index (κ3) is 2.64. The van der Waals surface area contributed by atoms with Crippen LogP contribution in [0.2, 0.25) is 0 Å². The van der Waals surface area contributed by atoms with E-state index in [1.807, 2.05) is 24.3 Å². The number of aliphatic carboxylic acids is 1. The molecule has 0 aliphatic carbocycles.